The first-order valence-electron chi connectivity index (χ1n) is 7.48. The van der Waals surface area contributed by atoms with Crippen molar-refractivity contribution in [1.29, 1.82) is 0 Å². The second-order valence-electron chi connectivity index (χ2n) is 5.44. The maximum Gasteiger partial charge on any atom is 0.127 e. The Morgan fingerprint density at radius 3 is 2.89 bits per heavy atom. The van der Waals surface area contributed by atoms with Crippen LogP contribution < -0.4 is 5.32 Å². The molecule has 1 fully saturated rings. The van der Waals surface area contributed by atoms with Crippen LogP contribution in [-0.2, 0) is 6.54 Å². The molecule has 1 saturated heterocycles. The molecule has 1 N–H and O–H groups in total. The molecule has 2 rings (SSSR count). The van der Waals surface area contributed by atoms with Crippen LogP contribution in [-0.4, -0.2) is 30.6 Å². The van der Waals surface area contributed by atoms with E-state index in [0.717, 1.165) is 5.56 Å². The SMILES string of the molecule is CCCN1CCCC(NCc2ccccc2F)CC1. The number of rotatable bonds is 5. The van der Waals surface area contributed by atoms with E-state index in [-0.39, 0.29) is 5.82 Å². The lowest BCUT2D eigenvalue weighted by Crippen LogP contribution is -2.31. The quantitative estimate of drug-likeness (QED) is 0.878. The van der Waals surface area contributed by atoms with Crippen molar-refractivity contribution >= 4 is 0 Å². The Hall–Kier alpha value is -0.930. The molecule has 1 aliphatic heterocycles. The van der Waals surface area contributed by atoms with Crippen molar-refractivity contribution in [2.24, 2.45) is 0 Å². The summed E-state index contributed by atoms with van der Waals surface area (Å²) in [7, 11) is 0. The lowest BCUT2D eigenvalue weighted by Gasteiger charge is -2.19. The minimum absolute atomic E-state index is 0.101. The van der Waals surface area contributed by atoms with Gasteiger partial charge in [0, 0.05) is 18.2 Å². The summed E-state index contributed by atoms with van der Waals surface area (Å²) >= 11 is 0. The van der Waals surface area contributed by atoms with Gasteiger partial charge in [0.15, 0.2) is 0 Å². The summed E-state index contributed by atoms with van der Waals surface area (Å²) in [5.74, 6) is -0.101. The number of nitrogens with zero attached hydrogens (tertiary/aromatic N) is 1. The van der Waals surface area contributed by atoms with Gasteiger partial charge in [0.25, 0.3) is 0 Å². The Morgan fingerprint density at radius 1 is 1.26 bits per heavy atom. The highest BCUT2D eigenvalue weighted by atomic mass is 19.1. The van der Waals surface area contributed by atoms with Gasteiger partial charge in [-0.25, -0.2) is 4.39 Å². The molecule has 1 aromatic carbocycles. The predicted octanol–water partition coefficient (Wildman–Crippen LogP) is 3.18. The van der Waals surface area contributed by atoms with Gasteiger partial charge in [-0.1, -0.05) is 25.1 Å². The maximum absolute atomic E-state index is 13.5. The molecular weight excluding hydrogens is 239 g/mol. The van der Waals surface area contributed by atoms with Crippen LogP contribution in [0.2, 0.25) is 0 Å². The van der Waals surface area contributed by atoms with Crippen molar-refractivity contribution in [1.82, 2.24) is 10.2 Å². The van der Waals surface area contributed by atoms with E-state index >= 15 is 0 Å². The molecular formula is C16H25FN2. The molecule has 1 unspecified atom stereocenters. The van der Waals surface area contributed by atoms with Crippen molar-refractivity contribution < 1.29 is 4.39 Å². The summed E-state index contributed by atoms with van der Waals surface area (Å²) in [6.07, 6.45) is 4.85. The average Bonchev–Trinajstić information content (AvgIpc) is 2.64. The van der Waals surface area contributed by atoms with Crippen molar-refractivity contribution in [2.45, 2.75) is 45.2 Å². The van der Waals surface area contributed by atoms with Gasteiger partial charge in [-0.05, 0) is 51.4 Å². The molecule has 0 bridgehead atoms. The van der Waals surface area contributed by atoms with Crippen molar-refractivity contribution in [3.63, 3.8) is 0 Å². The van der Waals surface area contributed by atoms with E-state index in [1.165, 1.54) is 51.4 Å². The zero-order valence-corrected chi connectivity index (χ0v) is 11.9. The van der Waals surface area contributed by atoms with Gasteiger partial charge in [-0.3, -0.25) is 0 Å². The minimum Gasteiger partial charge on any atom is -0.310 e. The number of hydrogen-bond acceptors (Lipinski definition) is 2. The van der Waals surface area contributed by atoms with E-state index in [1.54, 1.807) is 6.07 Å². The number of benzene rings is 1. The highest BCUT2D eigenvalue weighted by molar-refractivity contribution is 5.17. The van der Waals surface area contributed by atoms with E-state index in [4.69, 9.17) is 0 Å². The zero-order valence-electron chi connectivity index (χ0n) is 11.9. The number of hydrogen-bond donors (Lipinski definition) is 1. The molecule has 1 aromatic rings. The molecule has 106 valence electrons. The van der Waals surface area contributed by atoms with Gasteiger partial charge in [0.05, 0.1) is 0 Å². The molecule has 19 heavy (non-hydrogen) atoms. The van der Waals surface area contributed by atoms with Crippen LogP contribution in [0.4, 0.5) is 4.39 Å². The Balaban J connectivity index is 1.79. The second kappa shape index (κ2) is 7.61. The van der Waals surface area contributed by atoms with Crippen LogP contribution in [0.15, 0.2) is 24.3 Å². The predicted molar refractivity (Wildman–Crippen MR) is 77.6 cm³/mol. The fraction of sp³-hybridized carbons (Fsp3) is 0.625. The van der Waals surface area contributed by atoms with E-state index in [0.29, 0.717) is 12.6 Å². The summed E-state index contributed by atoms with van der Waals surface area (Å²) in [4.78, 5) is 2.55. The molecule has 0 aliphatic carbocycles. The van der Waals surface area contributed by atoms with Crippen LogP contribution in [0.25, 0.3) is 0 Å². The van der Waals surface area contributed by atoms with Gasteiger partial charge >= 0.3 is 0 Å². The highest BCUT2D eigenvalue weighted by Crippen LogP contribution is 2.13. The van der Waals surface area contributed by atoms with Crippen molar-refractivity contribution in [3.05, 3.63) is 35.6 Å². The fourth-order valence-corrected chi connectivity index (χ4v) is 2.80. The molecule has 0 saturated carbocycles. The standard InChI is InChI=1S/C16H25FN2/c1-2-10-19-11-5-7-15(9-12-19)18-13-14-6-3-4-8-16(14)17/h3-4,6,8,15,18H,2,5,7,9-13H2,1H3. The minimum atomic E-state index is -0.101. The van der Waals surface area contributed by atoms with E-state index in [2.05, 4.69) is 17.1 Å². The Bertz CT molecular complexity index is 381. The largest absolute Gasteiger partial charge is 0.310 e. The molecule has 0 radical (unpaired) electrons. The molecule has 1 aliphatic rings. The molecule has 2 nitrogen and oxygen atoms in total. The first kappa shape index (κ1) is 14.5. The maximum atomic E-state index is 13.5. The monoisotopic (exact) mass is 264 g/mol. The van der Waals surface area contributed by atoms with Gasteiger partial charge in [0.1, 0.15) is 5.82 Å². The molecule has 0 aromatic heterocycles. The summed E-state index contributed by atoms with van der Waals surface area (Å²) in [6, 6.07) is 7.57. The average molecular weight is 264 g/mol. The van der Waals surface area contributed by atoms with Gasteiger partial charge in [-0.15, -0.1) is 0 Å². The summed E-state index contributed by atoms with van der Waals surface area (Å²) in [6.45, 7) is 6.47. The Morgan fingerprint density at radius 2 is 2.11 bits per heavy atom. The van der Waals surface area contributed by atoms with Crippen LogP contribution in [0, 0.1) is 5.82 Å². The Labute approximate surface area is 116 Å². The normalized spacial score (nSPS) is 21.3. The summed E-state index contributed by atoms with van der Waals surface area (Å²) in [5, 5.41) is 3.51. The summed E-state index contributed by atoms with van der Waals surface area (Å²) < 4.78 is 13.5. The Kier molecular flexibility index (Phi) is 5.80. The summed E-state index contributed by atoms with van der Waals surface area (Å²) in [5.41, 5.74) is 0.775. The van der Waals surface area contributed by atoms with Gasteiger partial charge in [-0.2, -0.15) is 0 Å². The first-order valence-corrected chi connectivity index (χ1v) is 7.48. The van der Waals surface area contributed by atoms with Gasteiger partial charge in [0.2, 0.25) is 0 Å². The van der Waals surface area contributed by atoms with E-state index < -0.39 is 0 Å². The van der Waals surface area contributed by atoms with Crippen molar-refractivity contribution in [3.8, 4) is 0 Å². The molecule has 1 atom stereocenters. The fourth-order valence-electron chi connectivity index (χ4n) is 2.80. The van der Waals surface area contributed by atoms with Crippen LogP contribution in [0.1, 0.15) is 38.2 Å². The molecule has 3 heteroatoms. The van der Waals surface area contributed by atoms with Gasteiger partial charge < -0.3 is 10.2 Å². The number of nitrogens with one attached hydrogen (secondary N) is 1. The third-order valence-electron chi connectivity index (χ3n) is 3.90. The lowest BCUT2D eigenvalue weighted by atomic mass is 10.1. The highest BCUT2D eigenvalue weighted by Gasteiger charge is 2.16. The second-order valence-corrected chi connectivity index (χ2v) is 5.44. The van der Waals surface area contributed by atoms with Crippen molar-refractivity contribution in [2.75, 3.05) is 19.6 Å². The number of halogens is 1. The van der Waals surface area contributed by atoms with Crippen LogP contribution in [0.5, 0.6) is 0 Å². The first-order chi connectivity index (χ1) is 9.29. The topological polar surface area (TPSA) is 15.3 Å². The third kappa shape index (κ3) is 4.59. The number of likely N-dealkylation sites (tertiary alicyclic amines) is 1. The molecule has 1 heterocycles. The smallest absolute Gasteiger partial charge is 0.127 e. The van der Waals surface area contributed by atoms with E-state index in [1.807, 2.05) is 12.1 Å². The third-order valence-corrected chi connectivity index (χ3v) is 3.90. The molecule has 0 amide bonds. The van der Waals surface area contributed by atoms with E-state index in [9.17, 15) is 4.39 Å². The zero-order chi connectivity index (χ0) is 13.5. The van der Waals surface area contributed by atoms with Crippen LogP contribution in [0.3, 0.4) is 0 Å². The molecule has 0 spiro atoms. The lowest BCUT2D eigenvalue weighted by molar-refractivity contribution is 0.282. The van der Waals surface area contributed by atoms with Crippen LogP contribution >= 0.6 is 0 Å².